The molecule has 0 spiro atoms. The van der Waals surface area contributed by atoms with Gasteiger partial charge in [0.1, 0.15) is 5.75 Å². The van der Waals surface area contributed by atoms with Crippen molar-refractivity contribution < 1.29 is 17.9 Å². The van der Waals surface area contributed by atoms with Gasteiger partial charge in [0.05, 0.1) is 18.2 Å². The molecule has 0 aliphatic rings. The summed E-state index contributed by atoms with van der Waals surface area (Å²) in [6.45, 7) is 0. The zero-order valence-electron chi connectivity index (χ0n) is 16.2. The van der Waals surface area contributed by atoms with Gasteiger partial charge < -0.3 is 4.74 Å². The van der Waals surface area contributed by atoms with Crippen LogP contribution < -0.4 is 14.9 Å². The molecule has 0 unspecified atom stereocenters. The van der Waals surface area contributed by atoms with Crippen molar-refractivity contribution in [2.45, 2.75) is 4.90 Å². The Kier molecular flexibility index (Phi) is 7.32. The smallest absolute Gasteiger partial charge is 0.271 e. The molecule has 3 aromatic carbocycles. The third kappa shape index (κ3) is 6.06. The molecule has 31 heavy (non-hydrogen) atoms. The van der Waals surface area contributed by atoms with Crippen LogP contribution in [0.1, 0.15) is 15.9 Å². The normalized spacial score (nSPS) is 11.3. The van der Waals surface area contributed by atoms with Gasteiger partial charge in [0, 0.05) is 26.3 Å². The topological polar surface area (TPSA) is 96.9 Å². The van der Waals surface area contributed by atoms with Crippen LogP contribution in [0.15, 0.2) is 81.2 Å². The SMILES string of the molecule is COc1ccc(Br)cc1C=NNC(=O)c1ccc(NS(=O)(=O)c2ccc(Cl)cc2)cc1. The van der Waals surface area contributed by atoms with E-state index in [1.165, 1.54) is 54.7 Å². The lowest BCUT2D eigenvalue weighted by Crippen LogP contribution is -2.18. The number of sulfonamides is 1. The van der Waals surface area contributed by atoms with Gasteiger partial charge in [-0.1, -0.05) is 27.5 Å². The van der Waals surface area contributed by atoms with Crippen LogP contribution in [-0.2, 0) is 10.0 Å². The van der Waals surface area contributed by atoms with Crippen LogP contribution in [0.2, 0.25) is 5.02 Å². The molecule has 0 atom stereocenters. The summed E-state index contributed by atoms with van der Waals surface area (Å²) in [7, 11) is -2.22. The first-order chi connectivity index (χ1) is 14.8. The molecule has 3 rings (SSSR count). The fourth-order valence-corrected chi connectivity index (χ4v) is 4.11. The first-order valence-corrected chi connectivity index (χ1v) is 11.5. The zero-order chi connectivity index (χ0) is 22.4. The van der Waals surface area contributed by atoms with E-state index >= 15 is 0 Å². The van der Waals surface area contributed by atoms with E-state index in [0.29, 0.717) is 27.6 Å². The number of nitrogens with one attached hydrogen (secondary N) is 2. The zero-order valence-corrected chi connectivity index (χ0v) is 19.3. The molecule has 3 aromatic rings. The van der Waals surface area contributed by atoms with Crippen LogP contribution in [0.5, 0.6) is 5.75 Å². The van der Waals surface area contributed by atoms with E-state index < -0.39 is 15.9 Å². The number of nitrogens with zero attached hydrogens (tertiary/aromatic N) is 1. The Morgan fingerprint density at radius 1 is 1.06 bits per heavy atom. The summed E-state index contributed by atoms with van der Waals surface area (Å²) >= 11 is 9.16. The molecule has 0 aliphatic heterocycles. The fraction of sp³-hybridized carbons (Fsp3) is 0.0476. The monoisotopic (exact) mass is 521 g/mol. The average molecular weight is 523 g/mol. The second-order valence-electron chi connectivity index (χ2n) is 6.22. The Hall–Kier alpha value is -2.88. The highest BCUT2D eigenvalue weighted by atomic mass is 79.9. The lowest BCUT2D eigenvalue weighted by Gasteiger charge is -2.09. The summed E-state index contributed by atoms with van der Waals surface area (Å²) in [6, 6.07) is 17.2. The number of hydrazone groups is 1. The Morgan fingerprint density at radius 3 is 2.39 bits per heavy atom. The van der Waals surface area contributed by atoms with Crippen molar-refractivity contribution in [3.8, 4) is 5.75 Å². The Labute approximate surface area is 193 Å². The molecule has 10 heteroatoms. The lowest BCUT2D eigenvalue weighted by molar-refractivity contribution is 0.0955. The molecule has 0 aromatic heterocycles. The van der Waals surface area contributed by atoms with E-state index in [1.54, 1.807) is 19.2 Å². The molecule has 2 N–H and O–H groups in total. The van der Waals surface area contributed by atoms with Crippen molar-refractivity contribution in [1.82, 2.24) is 5.43 Å². The molecule has 0 heterocycles. The molecular formula is C21H17BrClN3O4S. The quantitative estimate of drug-likeness (QED) is 0.348. The van der Waals surface area contributed by atoms with Gasteiger partial charge in [-0.15, -0.1) is 0 Å². The fourth-order valence-electron chi connectivity index (χ4n) is 2.55. The second kappa shape index (κ2) is 9.95. The van der Waals surface area contributed by atoms with Crippen molar-refractivity contribution >= 4 is 55.4 Å². The van der Waals surface area contributed by atoms with Crippen molar-refractivity contribution in [2.24, 2.45) is 5.10 Å². The van der Waals surface area contributed by atoms with Crippen LogP contribution >= 0.6 is 27.5 Å². The van der Waals surface area contributed by atoms with E-state index in [-0.39, 0.29) is 4.90 Å². The van der Waals surface area contributed by atoms with Crippen molar-refractivity contribution in [2.75, 3.05) is 11.8 Å². The number of hydrogen-bond donors (Lipinski definition) is 2. The van der Waals surface area contributed by atoms with E-state index in [9.17, 15) is 13.2 Å². The largest absolute Gasteiger partial charge is 0.496 e. The number of anilines is 1. The number of rotatable bonds is 7. The van der Waals surface area contributed by atoms with Gasteiger partial charge in [0.2, 0.25) is 0 Å². The van der Waals surface area contributed by atoms with Gasteiger partial charge in [-0.3, -0.25) is 9.52 Å². The van der Waals surface area contributed by atoms with Gasteiger partial charge >= 0.3 is 0 Å². The van der Waals surface area contributed by atoms with Gasteiger partial charge in [-0.05, 0) is 66.7 Å². The van der Waals surface area contributed by atoms with Gasteiger partial charge in [-0.25, -0.2) is 13.8 Å². The van der Waals surface area contributed by atoms with E-state index in [2.05, 4.69) is 31.2 Å². The maximum absolute atomic E-state index is 12.4. The molecule has 0 aliphatic carbocycles. The summed E-state index contributed by atoms with van der Waals surface area (Å²) in [5.74, 6) is 0.163. The standard InChI is InChI=1S/C21H17BrClN3O4S/c1-30-20-11-4-16(22)12-15(20)13-24-25-21(27)14-2-7-18(8-3-14)26-31(28,29)19-9-5-17(23)6-10-19/h2-13,26H,1H3,(H,25,27). The number of carbonyl (C=O) groups is 1. The summed E-state index contributed by atoms with van der Waals surface area (Å²) in [4.78, 5) is 12.4. The van der Waals surface area contributed by atoms with Crippen LogP contribution in [0.25, 0.3) is 0 Å². The predicted octanol–water partition coefficient (Wildman–Crippen LogP) is 4.68. The Morgan fingerprint density at radius 2 is 1.74 bits per heavy atom. The minimum absolute atomic E-state index is 0.0797. The molecular weight excluding hydrogens is 506 g/mol. The summed E-state index contributed by atoms with van der Waals surface area (Å²) < 4.78 is 33.4. The van der Waals surface area contributed by atoms with Crippen LogP contribution in [0, 0.1) is 0 Å². The van der Waals surface area contributed by atoms with Gasteiger partial charge in [-0.2, -0.15) is 5.10 Å². The number of amides is 1. The van der Waals surface area contributed by atoms with Gasteiger partial charge in [0.15, 0.2) is 0 Å². The maximum Gasteiger partial charge on any atom is 0.271 e. The van der Waals surface area contributed by atoms with Crippen LogP contribution in [-0.4, -0.2) is 27.6 Å². The first kappa shape index (κ1) is 22.8. The van der Waals surface area contributed by atoms with Crippen LogP contribution in [0.3, 0.4) is 0 Å². The number of benzene rings is 3. The molecule has 0 saturated heterocycles. The highest BCUT2D eigenvalue weighted by molar-refractivity contribution is 9.10. The summed E-state index contributed by atoms with van der Waals surface area (Å²) in [5, 5.41) is 4.39. The highest BCUT2D eigenvalue weighted by Crippen LogP contribution is 2.21. The molecule has 0 radical (unpaired) electrons. The number of carbonyl (C=O) groups excluding carboxylic acids is 1. The van der Waals surface area contributed by atoms with Gasteiger partial charge in [0.25, 0.3) is 15.9 Å². The van der Waals surface area contributed by atoms with Crippen molar-refractivity contribution in [3.05, 3.63) is 87.4 Å². The lowest BCUT2D eigenvalue weighted by atomic mass is 10.2. The molecule has 0 saturated carbocycles. The number of methoxy groups -OCH3 is 1. The Balaban J connectivity index is 1.65. The summed E-state index contributed by atoms with van der Waals surface area (Å²) in [5.41, 5.74) is 3.74. The minimum atomic E-state index is -3.77. The highest BCUT2D eigenvalue weighted by Gasteiger charge is 2.14. The summed E-state index contributed by atoms with van der Waals surface area (Å²) in [6.07, 6.45) is 1.47. The molecule has 0 fully saturated rings. The minimum Gasteiger partial charge on any atom is -0.496 e. The molecule has 0 bridgehead atoms. The Bertz CT molecular complexity index is 1210. The molecule has 7 nitrogen and oxygen atoms in total. The molecule has 160 valence electrons. The number of halogens is 2. The number of ether oxygens (including phenoxy) is 1. The van der Waals surface area contributed by atoms with E-state index in [0.717, 1.165) is 4.47 Å². The predicted molar refractivity (Wildman–Crippen MR) is 124 cm³/mol. The third-order valence-electron chi connectivity index (χ3n) is 4.08. The first-order valence-electron chi connectivity index (χ1n) is 8.84. The van der Waals surface area contributed by atoms with Crippen molar-refractivity contribution in [1.29, 1.82) is 0 Å². The average Bonchev–Trinajstić information content (AvgIpc) is 2.74. The van der Waals surface area contributed by atoms with E-state index in [1.807, 2.05) is 6.07 Å². The second-order valence-corrected chi connectivity index (χ2v) is 9.26. The van der Waals surface area contributed by atoms with E-state index in [4.69, 9.17) is 16.3 Å². The third-order valence-corrected chi connectivity index (χ3v) is 6.23. The van der Waals surface area contributed by atoms with Crippen molar-refractivity contribution in [3.63, 3.8) is 0 Å². The van der Waals surface area contributed by atoms with Crippen LogP contribution in [0.4, 0.5) is 5.69 Å². The molecule has 1 amide bonds. The maximum atomic E-state index is 12.4. The number of hydrogen-bond acceptors (Lipinski definition) is 5.